The molecule has 6 heteroatoms. The monoisotopic (exact) mass is 274 g/mol. The van der Waals surface area contributed by atoms with Gasteiger partial charge in [-0.1, -0.05) is 0 Å². The lowest BCUT2D eigenvalue weighted by Crippen LogP contribution is -2.53. The van der Waals surface area contributed by atoms with E-state index in [1.54, 1.807) is 12.1 Å². The Kier molecular flexibility index (Phi) is 4.10. The number of aromatic nitrogens is 1. The molecule has 1 aromatic rings. The van der Waals surface area contributed by atoms with Crippen LogP contribution in [-0.4, -0.2) is 34.5 Å². The number of pyridine rings is 1. The molecule has 1 saturated carbocycles. The largest absolute Gasteiger partial charge is 0.404 e. The Bertz CT molecular complexity index is 404. The third-order valence-electron chi connectivity index (χ3n) is 3.55. The number of hydrogen-bond donors (Lipinski definition) is 2. The Morgan fingerprint density at radius 1 is 1.32 bits per heavy atom. The highest BCUT2D eigenvalue weighted by Gasteiger charge is 2.42. The van der Waals surface area contributed by atoms with Gasteiger partial charge >= 0.3 is 6.18 Å². The van der Waals surface area contributed by atoms with E-state index in [4.69, 9.17) is 0 Å². The third kappa shape index (κ3) is 3.91. The molecule has 1 aliphatic rings. The van der Waals surface area contributed by atoms with Crippen molar-refractivity contribution in [1.82, 2.24) is 10.3 Å². The normalized spacial score (nSPS) is 19.8. The quantitative estimate of drug-likeness (QED) is 0.864. The van der Waals surface area contributed by atoms with E-state index in [0.29, 0.717) is 18.4 Å². The fourth-order valence-corrected chi connectivity index (χ4v) is 2.13. The summed E-state index contributed by atoms with van der Waals surface area (Å²) < 4.78 is 38.8. The lowest BCUT2D eigenvalue weighted by Gasteiger charge is -2.38. The van der Waals surface area contributed by atoms with Gasteiger partial charge in [-0.15, -0.1) is 0 Å². The van der Waals surface area contributed by atoms with Gasteiger partial charge in [-0.25, -0.2) is 0 Å². The second kappa shape index (κ2) is 5.46. The van der Waals surface area contributed by atoms with Gasteiger partial charge in [0.15, 0.2) is 0 Å². The fourth-order valence-electron chi connectivity index (χ4n) is 2.13. The number of aliphatic hydroxyl groups is 1. The molecule has 106 valence electrons. The van der Waals surface area contributed by atoms with Crippen molar-refractivity contribution < 1.29 is 18.3 Å². The van der Waals surface area contributed by atoms with Crippen LogP contribution in [0, 0.1) is 0 Å². The number of rotatable bonds is 5. The van der Waals surface area contributed by atoms with E-state index < -0.39 is 17.8 Å². The summed E-state index contributed by atoms with van der Waals surface area (Å²) >= 11 is 0. The second-order valence-electron chi connectivity index (χ2n) is 5.11. The van der Waals surface area contributed by atoms with Crippen molar-refractivity contribution in [2.75, 3.05) is 6.54 Å². The Hall–Kier alpha value is -1.14. The molecule has 0 bridgehead atoms. The van der Waals surface area contributed by atoms with Crippen LogP contribution in [0.1, 0.15) is 24.8 Å². The van der Waals surface area contributed by atoms with Crippen molar-refractivity contribution >= 4 is 0 Å². The van der Waals surface area contributed by atoms with E-state index in [2.05, 4.69) is 10.3 Å². The minimum absolute atomic E-state index is 0.0116. The summed E-state index contributed by atoms with van der Waals surface area (Å²) in [6.45, 7) is -0.0116. The van der Waals surface area contributed by atoms with Crippen LogP contribution in [-0.2, 0) is 6.42 Å². The first kappa shape index (κ1) is 14.3. The number of nitrogens with zero attached hydrogens (tertiary/aromatic N) is 1. The van der Waals surface area contributed by atoms with Crippen LogP contribution in [0.3, 0.4) is 0 Å². The maximum absolute atomic E-state index is 12.9. The van der Waals surface area contributed by atoms with Crippen LogP contribution in [0.25, 0.3) is 0 Å². The number of alkyl halides is 3. The maximum atomic E-state index is 12.9. The van der Waals surface area contributed by atoms with E-state index >= 15 is 0 Å². The molecular weight excluding hydrogens is 257 g/mol. The van der Waals surface area contributed by atoms with Gasteiger partial charge in [-0.05, 0) is 43.4 Å². The molecule has 1 atom stereocenters. The van der Waals surface area contributed by atoms with Crippen molar-refractivity contribution in [3.63, 3.8) is 0 Å². The van der Waals surface area contributed by atoms with E-state index in [0.717, 1.165) is 6.42 Å². The van der Waals surface area contributed by atoms with Crippen LogP contribution in [0.15, 0.2) is 24.5 Å². The lowest BCUT2D eigenvalue weighted by atomic mass is 9.80. The van der Waals surface area contributed by atoms with Gasteiger partial charge in [0.25, 0.3) is 0 Å². The second-order valence-corrected chi connectivity index (χ2v) is 5.11. The molecule has 0 aliphatic heterocycles. The van der Waals surface area contributed by atoms with Gasteiger partial charge in [0.2, 0.25) is 0 Å². The lowest BCUT2D eigenvalue weighted by molar-refractivity contribution is -0.159. The molecule has 1 fully saturated rings. The SMILES string of the molecule is OC1(CNC(Cc2ccncc2)C(F)(F)F)CCC1. The van der Waals surface area contributed by atoms with Crippen LogP contribution < -0.4 is 5.32 Å². The Morgan fingerprint density at radius 2 is 1.95 bits per heavy atom. The number of hydrogen-bond acceptors (Lipinski definition) is 3. The maximum Gasteiger partial charge on any atom is 0.404 e. The first-order valence-corrected chi connectivity index (χ1v) is 6.30. The van der Waals surface area contributed by atoms with Crippen LogP contribution in [0.5, 0.6) is 0 Å². The predicted molar refractivity (Wildman–Crippen MR) is 64.6 cm³/mol. The van der Waals surface area contributed by atoms with E-state index in [1.807, 2.05) is 0 Å². The van der Waals surface area contributed by atoms with Crippen molar-refractivity contribution in [2.24, 2.45) is 0 Å². The van der Waals surface area contributed by atoms with Gasteiger partial charge in [-0.2, -0.15) is 13.2 Å². The molecule has 0 aromatic carbocycles. The summed E-state index contributed by atoms with van der Waals surface area (Å²) in [6.07, 6.45) is 0.481. The number of nitrogens with one attached hydrogen (secondary N) is 1. The molecule has 1 heterocycles. The highest BCUT2D eigenvalue weighted by molar-refractivity contribution is 5.12. The first-order valence-electron chi connectivity index (χ1n) is 6.30. The number of halogens is 3. The summed E-state index contributed by atoms with van der Waals surface area (Å²) in [5.41, 5.74) is -0.382. The Morgan fingerprint density at radius 3 is 2.42 bits per heavy atom. The summed E-state index contributed by atoms with van der Waals surface area (Å²) in [6, 6.07) is 1.50. The molecule has 1 aliphatic carbocycles. The van der Waals surface area contributed by atoms with Crippen molar-refractivity contribution in [3.8, 4) is 0 Å². The average Bonchev–Trinajstić information content (AvgIpc) is 2.32. The minimum atomic E-state index is -4.33. The van der Waals surface area contributed by atoms with Crippen LogP contribution >= 0.6 is 0 Å². The Labute approximate surface area is 109 Å². The molecular formula is C13H17F3N2O. The van der Waals surface area contributed by atoms with Gasteiger partial charge in [0, 0.05) is 18.9 Å². The summed E-state index contributed by atoms with van der Waals surface area (Å²) in [4.78, 5) is 3.78. The molecule has 3 nitrogen and oxygen atoms in total. The van der Waals surface area contributed by atoms with E-state index in [1.165, 1.54) is 12.4 Å². The zero-order valence-electron chi connectivity index (χ0n) is 10.5. The molecule has 2 rings (SSSR count). The molecule has 19 heavy (non-hydrogen) atoms. The molecule has 0 radical (unpaired) electrons. The third-order valence-corrected chi connectivity index (χ3v) is 3.55. The van der Waals surface area contributed by atoms with Gasteiger partial charge in [0.05, 0.1) is 5.60 Å². The zero-order chi connectivity index (χ0) is 13.9. The highest BCUT2D eigenvalue weighted by atomic mass is 19.4. The molecule has 0 amide bonds. The van der Waals surface area contributed by atoms with Crippen molar-refractivity contribution in [1.29, 1.82) is 0 Å². The standard InChI is InChI=1S/C13H17F3N2O/c14-13(15,16)11(8-10-2-6-17-7-3-10)18-9-12(19)4-1-5-12/h2-3,6-7,11,18-19H,1,4-5,8-9H2. The molecule has 2 N–H and O–H groups in total. The Balaban J connectivity index is 1.96. The van der Waals surface area contributed by atoms with Gasteiger partial charge in [0.1, 0.15) is 6.04 Å². The first-order chi connectivity index (χ1) is 8.89. The van der Waals surface area contributed by atoms with Crippen LogP contribution in [0.4, 0.5) is 13.2 Å². The predicted octanol–water partition coefficient (Wildman–Crippen LogP) is 2.06. The van der Waals surface area contributed by atoms with Crippen LogP contribution in [0.2, 0.25) is 0 Å². The molecule has 0 saturated heterocycles. The summed E-state index contributed by atoms with van der Waals surface area (Å²) in [5, 5.41) is 12.3. The average molecular weight is 274 g/mol. The van der Waals surface area contributed by atoms with E-state index in [9.17, 15) is 18.3 Å². The molecule has 0 spiro atoms. The highest BCUT2D eigenvalue weighted by Crippen LogP contribution is 2.32. The smallest absolute Gasteiger partial charge is 0.389 e. The van der Waals surface area contributed by atoms with Gasteiger partial charge < -0.3 is 10.4 Å². The van der Waals surface area contributed by atoms with Crippen molar-refractivity contribution in [3.05, 3.63) is 30.1 Å². The molecule has 1 unspecified atom stereocenters. The topological polar surface area (TPSA) is 45.1 Å². The minimum Gasteiger partial charge on any atom is -0.389 e. The summed E-state index contributed by atoms with van der Waals surface area (Å²) in [5.74, 6) is 0. The fraction of sp³-hybridized carbons (Fsp3) is 0.615. The van der Waals surface area contributed by atoms with Crippen molar-refractivity contribution in [2.45, 2.75) is 43.5 Å². The molecule has 1 aromatic heterocycles. The van der Waals surface area contributed by atoms with E-state index in [-0.39, 0.29) is 13.0 Å². The zero-order valence-corrected chi connectivity index (χ0v) is 10.5. The summed E-state index contributed by atoms with van der Waals surface area (Å²) in [7, 11) is 0. The van der Waals surface area contributed by atoms with Gasteiger partial charge in [-0.3, -0.25) is 4.98 Å².